The molecule has 0 amide bonds. The fraction of sp³-hybridized carbons (Fsp3) is 0.0909. The average Bonchev–Trinajstić information content (AvgIpc) is 2.27. The van der Waals surface area contributed by atoms with Crippen LogP contribution in [-0.4, -0.2) is 9.78 Å². The second-order valence-electron chi connectivity index (χ2n) is 3.36. The molecule has 0 aliphatic rings. The summed E-state index contributed by atoms with van der Waals surface area (Å²) >= 11 is 5.86. The molecule has 1 aromatic carbocycles. The van der Waals surface area contributed by atoms with Crippen molar-refractivity contribution in [1.82, 2.24) is 9.78 Å². The third-order valence-corrected chi connectivity index (χ3v) is 2.45. The van der Waals surface area contributed by atoms with Gasteiger partial charge in [-0.25, -0.2) is 4.68 Å². The predicted octanol–water partition coefficient (Wildman–Crippen LogP) is 1.53. The van der Waals surface area contributed by atoms with Crippen molar-refractivity contribution in [3.8, 4) is 0 Å². The Morgan fingerprint density at radius 2 is 2.19 bits per heavy atom. The Balaban J connectivity index is 2.38. The Hall–Kier alpha value is -1.81. The number of halogens is 1. The zero-order valence-electron chi connectivity index (χ0n) is 8.43. The summed E-state index contributed by atoms with van der Waals surface area (Å²) < 4.78 is 1.34. The molecule has 2 N–H and O–H groups in total. The van der Waals surface area contributed by atoms with E-state index < -0.39 is 0 Å². The second kappa shape index (κ2) is 4.37. The lowest BCUT2D eigenvalue weighted by Gasteiger charge is -2.07. The first-order valence-corrected chi connectivity index (χ1v) is 5.10. The summed E-state index contributed by atoms with van der Waals surface area (Å²) in [7, 11) is 0. The topological polar surface area (TPSA) is 60.9 Å². The van der Waals surface area contributed by atoms with Crippen LogP contribution in [0.2, 0.25) is 5.02 Å². The Kier molecular flexibility index (Phi) is 2.92. The number of aromatic nitrogens is 2. The third-order valence-electron chi connectivity index (χ3n) is 2.21. The SMILES string of the molecule is Nc1ccc(Cl)cc1Cn1ncccc1=O. The van der Waals surface area contributed by atoms with E-state index >= 15 is 0 Å². The van der Waals surface area contributed by atoms with Crippen molar-refractivity contribution in [2.75, 3.05) is 5.73 Å². The van der Waals surface area contributed by atoms with Gasteiger partial charge in [0.25, 0.3) is 5.56 Å². The van der Waals surface area contributed by atoms with E-state index in [1.807, 2.05) is 0 Å². The summed E-state index contributed by atoms with van der Waals surface area (Å²) in [6.07, 6.45) is 1.56. The molecule has 0 saturated carbocycles. The van der Waals surface area contributed by atoms with Crippen LogP contribution in [0, 0.1) is 0 Å². The highest BCUT2D eigenvalue weighted by atomic mass is 35.5. The summed E-state index contributed by atoms with van der Waals surface area (Å²) in [5.41, 5.74) is 7.01. The van der Waals surface area contributed by atoms with Crippen LogP contribution in [0.25, 0.3) is 0 Å². The maximum Gasteiger partial charge on any atom is 0.267 e. The quantitative estimate of drug-likeness (QED) is 0.803. The van der Waals surface area contributed by atoms with Gasteiger partial charge in [-0.3, -0.25) is 4.79 Å². The summed E-state index contributed by atoms with van der Waals surface area (Å²) in [4.78, 5) is 11.4. The van der Waals surface area contributed by atoms with Crippen LogP contribution in [0.5, 0.6) is 0 Å². The Bertz CT molecular complexity index is 565. The van der Waals surface area contributed by atoms with E-state index in [0.717, 1.165) is 5.56 Å². The standard InChI is InChI=1S/C11H10ClN3O/c12-9-3-4-10(13)8(6-9)7-15-11(16)2-1-5-14-15/h1-6H,7,13H2. The molecule has 0 spiro atoms. The normalized spacial score (nSPS) is 10.3. The first-order valence-electron chi connectivity index (χ1n) is 4.73. The van der Waals surface area contributed by atoms with E-state index in [2.05, 4.69) is 5.10 Å². The number of anilines is 1. The number of hydrogen-bond donors (Lipinski definition) is 1. The fourth-order valence-corrected chi connectivity index (χ4v) is 1.57. The van der Waals surface area contributed by atoms with Crippen molar-refractivity contribution >= 4 is 17.3 Å². The average molecular weight is 236 g/mol. The molecule has 0 saturated heterocycles. The van der Waals surface area contributed by atoms with Gasteiger partial charge in [-0.15, -0.1) is 0 Å². The number of benzene rings is 1. The number of rotatable bonds is 2. The molecule has 0 unspecified atom stereocenters. The van der Waals surface area contributed by atoms with E-state index in [-0.39, 0.29) is 5.56 Å². The van der Waals surface area contributed by atoms with Gasteiger partial charge in [-0.1, -0.05) is 11.6 Å². The number of nitrogen functional groups attached to an aromatic ring is 1. The molecule has 0 bridgehead atoms. The molecule has 2 rings (SSSR count). The minimum absolute atomic E-state index is 0.165. The molecule has 16 heavy (non-hydrogen) atoms. The van der Waals surface area contributed by atoms with Gasteiger partial charge in [-0.05, 0) is 29.8 Å². The van der Waals surface area contributed by atoms with E-state index in [1.54, 1.807) is 30.5 Å². The van der Waals surface area contributed by atoms with Crippen LogP contribution in [-0.2, 0) is 6.54 Å². The molecule has 5 heteroatoms. The molecule has 1 heterocycles. The van der Waals surface area contributed by atoms with Gasteiger partial charge in [0.05, 0.1) is 6.54 Å². The lowest BCUT2D eigenvalue weighted by molar-refractivity contribution is 0.640. The van der Waals surface area contributed by atoms with Gasteiger partial charge in [0.15, 0.2) is 0 Å². The fourth-order valence-electron chi connectivity index (χ4n) is 1.38. The number of nitrogens with zero attached hydrogens (tertiary/aromatic N) is 2. The highest BCUT2D eigenvalue weighted by Crippen LogP contribution is 2.18. The van der Waals surface area contributed by atoms with Crippen LogP contribution in [0.15, 0.2) is 41.3 Å². The van der Waals surface area contributed by atoms with Crippen LogP contribution < -0.4 is 11.3 Å². The van der Waals surface area contributed by atoms with Gasteiger partial charge in [0.2, 0.25) is 0 Å². The van der Waals surface area contributed by atoms with Crippen LogP contribution in [0.4, 0.5) is 5.69 Å². The maximum absolute atomic E-state index is 11.4. The molecular weight excluding hydrogens is 226 g/mol. The molecule has 0 aliphatic carbocycles. The molecule has 2 aromatic rings. The van der Waals surface area contributed by atoms with Crippen molar-refractivity contribution in [2.24, 2.45) is 0 Å². The Morgan fingerprint density at radius 3 is 2.94 bits per heavy atom. The largest absolute Gasteiger partial charge is 0.398 e. The van der Waals surface area contributed by atoms with Gasteiger partial charge < -0.3 is 5.73 Å². The molecule has 4 nitrogen and oxygen atoms in total. The van der Waals surface area contributed by atoms with Crippen molar-refractivity contribution in [3.05, 3.63) is 57.5 Å². The van der Waals surface area contributed by atoms with Crippen LogP contribution in [0.1, 0.15) is 5.56 Å². The van der Waals surface area contributed by atoms with Crippen molar-refractivity contribution in [1.29, 1.82) is 0 Å². The highest BCUT2D eigenvalue weighted by Gasteiger charge is 2.03. The molecular formula is C11H10ClN3O. The highest BCUT2D eigenvalue weighted by molar-refractivity contribution is 6.30. The minimum atomic E-state index is -0.165. The van der Waals surface area contributed by atoms with E-state index in [1.165, 1.54) is 10.7 Å². The lowest BCUT2D eigenvalue weighted by atomic mass is 10.2. The summed E-state index contributed by atoms with van der Waals surface area (Å²) in [6.45, 7) is 0.325. The number of nitrogens with two attached hydrogens (primary N) is 1. The molecule has 1 aromatic heterocycles. The van der Waals surface area contributed by atoms with Crippen molar-refractivity contribution < 1.29 is 0 Å². The zero-order valence-corrected chi connectivity index (χ0v) is 9.19. The van der Waals surface area contributed by atoms with Gasteiger partial charge in [-0.2, -0.15) is 5.10 Å². The molecule has 0 fully saturated rings. The lowest BCUT2D eigenvalue weighted by Crippen LogP contribution is -2.22. The van der Waals surface area contributed by atoms with Crippen molar-refractivity contribution in [3.63, 3.8) is 0 Å². The van der Waals surface area contributed by atoms with Gasteiger partial charge in [0.1, 0.15) is 0 Å². The maximum atomic E-state index is 11.4. The summed E-state index contributed by atoms with van der Waals surface area (Å²) in [5.74, 6) is 0. The number of hydrogen-bond acceptors (Lipinski definition) is 3. The Morgan fingerprint density at radius 1 is 1.38 bits per heavy atom. The molecule has 0 atom stereocenters. The third kappa shape index (κ3) is 2.23. The first kappa shape index (κ1) is 10.7. The zero-order chi connectivity index (χ0) is 11.5. The summed E-state index contributed by atoms with van der Waals surface area (Å²) in [5, 5.41) is 4.54. The first-order chi connectivity index (χ1) is 7.66. The second-order valence-corrected chi connectivity index (χ2v) is 3.80. The smallest absolute Gasteiger partial charge is 0.267 e. The van der Waals surface area contributed by atoms with Crippen LogP contribution >= 0.6 is 11.6 Å². The predicted molar refractivity (Wildman–Crippen MR) is 63.5 cm³/mol. The molecule has 82 valence electrons. The summed E-state index contributed by atoms with van der Waals surface area (Å²) in [6, 6.07) is 8.21. The Labute approximate surface area is 97.3 Å². The minimum Gasteiger partial charge on any atom is -0.398 e. The van der Waals surface area contributed by atoms with Gasteiger partial charge in [0, 0.05) is 23.0 Å². The molecule has 0 radical (unpaired) electrons. The van der Waals surface area contributed by atoms with Crippen molar-refractivity contribution in [2.45, 2.75) is 6.54 Å². The van der Waals surface area contributed by atoms with Crippen LogP contribution in [0.3, 0.4) is 0 Å². The van der Waals surface area contributed by atoms with E-state index in [4.69, 9.17) is 17.3 Å². The molecule has 0 aliphatic heterocycles. The monoisotopic (exact) mass is 235 g/mol. The van der Waals surface area contributed by atoms with E-state index in [9.17, 15) is 4.79 Å². The van der Waals surface area contributed by atoms with Gasteiger partial charge >= 0.3 is 0 Å². The van der Waals surface area contributed by atoms with E-state index in [0.29, 0.717) is 17.3 Å².